The summed E-state index contributed by atoms with van der Waals surface area (Å²) in [6.45, 7) is 3.90. The Hall–Kier alpha value is -2.02. The molecule has 2 atom stereocenters. The van der Waals surface area contributed by atoms with Crippen molar-refractivity contribution in [2.24, 2.45) is 5.41 Å². The highest BCUT2D eigenvalue weighted by atomic mass is 16.5. The van der Waals surface area contributed by atoms with Gasteiger partial charge in [-0.2, -0.15) is 0 Å². The van der Waals surface area contributed by atoms with E-state index in [0.29, 0.717) is 5.76 Å². The molecular weight excluding hydrogens is 264 g/mol. The van der Waals surface area contributed by atoms with Gasteiger partial charge in [-0.1, -0.05) is 0 Å². The minimum absolute atomic E-state index is 0.0880. The first-order valence-corrected chi connectivity index (χ1v) is 6.32. The molecule has 2 rings (SSSR count). The summed E-state index contributed by atoms with van der Waals surface area (Å²) in [5.41, 5.74) is -1.10. The molecule has 1 aromatic rings. The third-order valence-electron chi connectivity index (χ3n) is 3.47. The van der Waals surface area contributed by atoms with E-state index in [1.54, 1.807) is 19.1 Å². The topological polar surface area (TPSA) is 101 Å². The number of rotatable bonds is 4. The standard InChI is InChI=1S/C13H18N2O5/c1-8-3-4-9(20-8)5-14-12(18)15-10-6-19-7-13(10,2)11(16)17/h3-4,10H,5-7H2,1-2H3,(H,16,17)(H2,14,15,18). The molecular formula is C13H18N2O5. The van der Waals surface area contributed by atoms with E-state index in [-0.39, 0.29) is 19.8 Å². The molecule has 110 valence electrons. The fourth-order valence-electron chi connectivity index (χ4n) is 2.04. The maximum absolute atomic E-state index is 11.8. The van der Waals surface area contributed by atoms with Crippen molar-refractivity contribution in [3.8, 4) is 0 Å². The molecule has 0 aliphatic carbocycles. The number of carboxylic acid groups (broad SMARTS) is 1. The van der Waals surface area contributed by atoms with Gasteiger partial charge in [0.1, 0.15) is 16.9 Å². The molecule has 0 spiro atoms. The quantitative estimate of drug-likeness (QED) is 0.761. The van der Waals surface area contributed by atoms with E-state index < -0.39 is 23.5 Å². The van der Waals surface area contributed by atoms with E-state index in [4.69, 9.17) is 9.15 Å². The van der Waals surface area contributed by atoms with Gasteiger partial charge < -0.3 is 24.9 Å². The number of hydrogen-bond donors (Lipinski definition) is 3. The number of carboxylic acids is 1. The van der Waals surface area contributed by atoms with Gasteiger partial charge >= 0.3 is 12.0 Å². The number of ether oxygens (including phenoxy) is 1. The second-order valence-electron chi connectivity index (χ2n) is 5.13. The molecule has 1 aliphatic rings. The molecule has 0 radical (unpaired) electrons. The Morgan fingerprint density at radius 2 is 2.25 bits per heavy atom. The molecule has 0 saturated carbocycles. The number of aliphatic carboxylic acids is 1. The third-order valence-corrected chi connectivity index (χ3v) is 3.47. The van der Waals surface area contributed by atoms with Gasteiger partial charge in [-0.3, -0.25) is 4.79 Å². The predicted octanol–water partition coefficient (Wildman–Crippen LogP) is 0.877. The number of nitrogens with one attached hydrogen (secondary N) is 2. The normalized spacial score (nSPS) is 25.4. The van der Waals surface area contributed by atoms with Crippen molar-refractivity contribution in [3.63, 3.8) is 0 Å². The molecule has 1 saturated heterocycles. The van der Waals surface area contributed by atoms with Crippen LogP contribution in [-0.2, 0) is 16.1 Å². The summed E-state index contributed by atoms with van der Waals surface area (Å²) in [5.74, 6) is 0.424. The lowest BCUT2D eigenvalue weighted by atomic mass is 9.85. The Morgan fingerprint density at radius 1 is 1.50 bits per heavy atom. The van der Waals surface area contributed by atoms with E-state index in [1.807, 2.05) is 6.92 Å². The summed E-state index contributed by atoms with van der Waals surface area (Å²) in [7, 11) is 0. The summed E-state index contributed by atoms with van der Waals surface area (Å²) < 4.78 is 10.5. The first-order chi connectivity index (χ1) is 9.41. The molecule has 2 unspecified atom stereocenters. The summed E-state index contributed by atoms with van der Waals surface area (Å²) >= 11 is 0. The van der Waals surface area contributed by atoms with E-state index in [1.165, 1.54) is 0 Å². The van der Waals surface area contributed by atoms with Crippen LogP contribution < -0.4 is 10.6 Å². The van der Waals surface area contributed by atoms with Crippen LogP contribution in [0.2, 0.25) is 0 Å². The van der Waals surface area contributed by atoms with Crippen molar-refractivity contribution in [2.45, 2.75) is 26.4 Å². The lowest BCUT2D eigenvalue weighted by Gasteiger charge is -2.25. The van der Waals surface area contributed by atoms with Gasteiger partial charge in [-0.25, -0.2) is 4.79 Å². The van der Waals surface area contributed by atoms with Crippen LogP contribution in [0.4, 0.5) is 4.79 Å². The summed E-state index contributed by atoms with van der Waals surface area (Å²) in [4.78, 5) is 23.0. The van der Waals surface area contributed by atoms with Gasteiger partial charge in [0.25, 0.3) is 0 Å². The molecule has 2 heterocycles. The minimum atomic E-state index is -1.10. The first kappa shape index (κ1) is 14.4. The SMILES string of the molecule is Cc1ccc(CNC(=O)NC2COCC2(C)C(=O)O)o1. The molecule has 2 amide bonds. The summed E-state index contributed by atoms with van der Waals surface area (Å²) in [6, 6.07) is 2.58. The molecule has 7 heteroatoms. The van der Waals surface area contributed by atoms with Crippen LogP contribution in [0.1, 0.15) is 18.4 Å². The van der Waals surface area contributed by atoms with Crippen molar-refractivity contribution in [2.75, 3.05) is 13.2 Å². The van der Waals surface area contributed by atoms with E-state index in [9.17, 15) is 14.7 Å². The monoisotopic (exact) mass is 282 g/mol. The van der Waals surface area contributed by atoms with Gasteiger partial charge in [0.2, 0.25) is 0 Å². The van der Waals surface area contributed by atoms with Crippen LogP contribution in [0.5, 0.6) is 0 Å². The average Bonchev–Trinajstić information content (AvgIpc) is 2.95. The number of carbonyl (C=O) groups is 2. The summed E-state index contributed by atoms with van der Waals surface area (Å²) in [6.07, 6.45) is 0. The van der Waals surface area contributed by atoms with Crippen LogP contribution in [0.3, 0.4) is 0 Å². The Bertz CT molecular complexity index is 513. The zero-order valence-electron chi connectivity index (χ0n) is 11.4. The third kappa shape index (κ3) is 2.93. The van der Waals surface area contributed by atoms with Crippen LogP contribution in [0, 0.1) is 12.3 Å². The highest BCUT2D eigenvalue weighted by molar-refractivity contribution is 5.79. The Labute approximate surface area is 116 Å². The zero-order valence-corrected chi connectivity index (χ0v) is 11.4. The summed E-state index contributed by atoms with van der Waals surface area (Å²) in [5, 5.41) is 14.5. The Morgan fingerprint density at radius 3 is 2.85 bits per heavy atom. The zero-order chi connectivity index (χ0) is 14.8. The maximum Gasteiger partial charge on any atom is 0.315 e. The number of urea groups is 1. The highest BCUT2D eigenvalue weighted by Gasteiger charge is 2.47. The van der Waals surface area contributed by atoms with Gasteiger partial charge in [0.05, 0.1) is 25.8 Å². The fourth-order valence-corrected chi connectivity index (χ4v) is 2.04. The molecule has 1 aromatic heterocycles. The molecule has 20 heavy (non-hydrogen) atoms. The van der Waals surface area contributed by atoms with Gasteiger partial charge in [-0.05, 0) is 26.0 Å². The minimum Gasteiger partial charge on any atom is -0.481 e. The van der Waals surface area contributed by atoms with Crippen molar-refractivity contribution in [1.29, 1.82) is 0 Å². The molecule has 1 fully saturated rings. The highest BCUT2D eigenvalue weighted by Crippen LogP contribution is 2.28. The van der Waals surface area contributed by atoms with E-state index >= 15 is 0 Å². The molecule has 7 nitrogen and oxygen atoms in total. The second-order valence-corrected chi connectivity index (χ2v) is 5.13. The number of carbonyl (C=O) groups excluding carboxylic acids is 1. The van der Waals surface area contributed by atoms with Crippen LogP contribution in [0.25, 0.3) is 0 Å². The lowest BCUT2D eigenvalue weighted by Crippen LogP contribution is -2.52. The predicted molar refractivity (Wildman–Crippen MR) is 69.2 cm³/mol. The maximum atomic E-state index is 11.8. The van der Waals surface area contributed by atoms with E-state index in [0.717, 1.165) is 5.76 Å². The van der Waals surface area contributed by atoms with Crippen molar-refractivity contribution in [1.82, 2.24) is 10.6 Å². The number of furan rings is 1. The lowest BCUT2D eigenvalue weighted by molar-refractivity contribution is -0.148. The van der Waals surface area contributed by atoms with Gasteiger partial charge in [0, 0.05) is 0 Å². The van der Waals surface area contributed by atoms with Crippen LogP contribution in [0.15, 0.2) is 16.5 Å². The number of amides is 2. The number of aryl methyl sites for hydroxylation is 1. The first-order valence-electron chi connectivity index (χ1n) is 6.32. The molecule has 0 bridgehead atoms. The Balaban J connectivity index is 1.86. The largest absolute Gasteiger partial charge is 0.481 e. The average molecular weight is 282 g/mol. The Kier molecular flexibility index (Phi) is 3.99. The van der Waals surface area contributed by atoms with Crippen LogP contribution in [-0.4, -0.2) is 36.4 Å². The fraction of sp³-hybridized carbons (Fsp3) is 0.538. The van der Waals surface area contributed by atoms with Crippen molar-refractivity contribution in [3.05, 3.63) is 23.7 Å². The number of hydrogen-bond acceptors (Lipinski definition) is 4. The van der Waals surface area contributed by atoms with E-state index in [2.05, 4.69) is 10.6 Å². The van der Waals surface area contributed by atoms with Gasteiger partial charge in [-0.15, -0.1) is 0 Å². The second kappa shape index (κ2) is 5.54. The molecule has 3 N–H and O–H groups in total. The molecule has 0 aromatic carbocycles. The van der Waals surface area contributed by atoms with Crippen molar-refractivity contribution >= 4 is 12.0 Å². The molecule has 1 aliphatic heterocycles. The smallest absolute Gasteiger partial charge is 0.315 e. The van der Waals surface area contributed by atoms with Crippen molar-refractivity contribution < 1.29 is 23.8 Å². The van der Waals surface area contributed by atoms with Gasteiger partial charge in [0.15, 0.2) is 0 Å². The van der Waals surface area contributed by atoms with Crippen LogP contribution >= 0.6 is 0 Å².